The van der Waals surface area contributed by atoms with Crippen LogP contribution in [-0.2, 0) is 13.1 Å². The number of hydrogen-bond acceptors (Lipinski definition) is 2. The monoisotopic (exact) mass is 244 g/mol. The number of amides is 2. The second-order valence-corrected chi connectivity index (χ2v) is 4.00. The van der Waals surface area contributed by atoms with Gasteiger partial charge in [0.2, 0.25) is 0 Å². The van der Waals surface area contributed by atoms with Crippen molar-refractivity contribution in [2.75, 3.05) is 0 Å². The number of benzene rings is 1. The van der Waals surface area contributed by atoms with Crippen molar-refractivity contribution < 1.29 is 4.79 Å². The van der Waals surface area contributed by atoms with Crippen molar-refractivity contribution in [3.05, 3.63) is 53.6 Å². The first-order valence-corrected chi connectivity index (χ1v) is 5.80. The summed E-state index contributed by atoms with van der Waals surface area (Å²) in [6.07, 6.45) is 1.62. The number of nitrogens with zero attached hydrogens (tertiary/aromatic N) is 1. The molecule has 0 saturated heterocycles. The van der Waals surface area contributed by atoms with E-state index in [9.17, 15) is 4.79 Å². The Bertz CT molecular complexity index is 507. The van der Waals surface area contributed by atoms with Gasteiger partial charge in [0.25, 0.3) is 0 Å². The molecule has 3 N–H and O–H groups in total. The van der Waals surface area contributed by atoms with Crippen molar-refractivity contribution >= 4 is 6.03 Å². The summed E-state index contributed by atoms with van der Waals surface area (Å²) in [7, 11) is 0. The van der Waals surface area contributed by atoms with Gasteiger partial charge in [-0.1, -0.05) is 30.3 Å². The van der Waals surface area contributed by atoms with Gasteiger partial charge >= 0.3 is 6.03 Å². The molecule has 0 unspecified atom stereocenters. The fourth-order valence-electron chi connectivity index (χ4n) is 1.57. The molecule has 5 heteroatoms. The molecule has 5 nitrogen and oxygen atoms in total. The largest absolute Gasteiger partial charge is 0.348 e. The minimum atomic E-state index is -0.193. The average molecular weight is 244 g/mol. The Kier molecular flexibility index (Phi) is 3.96. The van der Waals surface area contributed by atoms with E-state index in [4.69, 9.17) is 0 Å². The Hall–Kier alpha value is -2.30. The van der Waals surface area contributed by atoms with Crippen molar-refractivity contribution in [2.45, 2.75) is 20.0 Å². The maximum absolute atomic E-state index is 11.6. The molecule has 1 aromatic carbocycles. The zero-order valence-corrected chi connectivity index (χ0v) is 10.2. The van der Waals surface area contributed by atoms with Gasteiger partial charge in [-0.25, -0.2) is 9.78 Å². The fraction of sp³-hybridized carbons (Fsp3) is 0.231. The quantitative estimate of drug-likeness (QED) is 0.766. The average Bonchev–Trinajstić information content (AvgIpc) is 2.81. The number of aromatic amines is 1. The predicted octanol–water partition coefficient (Wildman–Crippen LogP) is 1.72. The molecule has 0 spiro atoms. The van der Waals surface area contributed by atoms with E-state index in [2.05, 4.69) is 20.6 Å². The zero-order chi connectivity index (χ0) is 12.8. The molecule has 0 aliphatic heterocycles. The lowest BCUT2D eigenvalue weighted by Gasteiger charge is -2.06. The first-order chi connectivity index (χ1) is 8.75. The van der Waals surface area contributed by atoms with Gasteiger partial charge in [0.15, 0.2) is 0 Å². The van der Waals surface area contributed by atoms with Crippen molar-refractivity contribution in [3.63, 3.8) is 0 Å². The zero-order valence-electron chi connectivity index (χ0n) is 10.2. The van der Waals surface area contributed by atoms with Crippen LogP contribution in [-0.4, -0.2) is 16.0 Å². The molecule has 0 fully saturated rings. The van der Waals surface area contributed by atoms with Crippen LogP contribution in [0.5, 0.6) is 0 Å². The minimum Gasteiger partial charge on any atom is -0.348 e. The van der Waals surface area contributed by atoms with Crippen LogP contribution < -0.4 is 10.6 Å². The summed E-state index contributed by atoms with van der Waals surface area (Å²) < 4.78 is 0. The van der Waals surface area contributed by atoms with Crippen LogP contribution >= 0.6 is 0 Å². The van der Waals surface area contributed by atoms with E-state index < -0.39 is 0 Å². The topological polar surface area (TPSA) is 69.8 Å². The maximum Gasteiger partial charge on any atom is 0.315 e. The van der Waals surface area contributed by atoms with Gasteiger partial charge in [-0.2, -0.15) is 0 Å². The van der Waals surface area contributed by atoms with Crippen LogP contribution in [0.1, 0.15) is 17.0 Å². The molecule has 2 rings (SSSR count). The van der Waals surface area contributed by atoms with Gasteiger partial charge < -0.3 is 15.6 Å². The summed E-state index contributed by atoms with van der Waals surface area (Å²) in [6, 6.07) is 9.59. The lowest BCUT2D eigenvalue weighted by Crippen LogP contribution is -2.34. The smallest absolute Gasteiger partial charge is 0.315 e. The first-order valence-electron chi connectivity index (χ1n) is 5.80. The van der Waals surface area contributed by atoms with Crippen molar-refractivity contribution in [1.29, 1.82) is 0 Å². The molecule has 0 aliphatic rings. The molecule has 0 saturated carbocycles. The summed E-state index contributed by atoms with van der Waals surface area (Å²) in [5.41, 5.74) is 2.90. The number of H-pyrrole nitrogens is 1. The maximum atomic E-state index is 11.6. The van der Waals surface area contributed by atoms with Gasteiger partial charge in [-0.05, 0) is 12.5 Å². The molecule has 0 atom stereocenters. The number of aromatic nitrogens is 2. The van der Waals surface area contributed by atoms with Crippen LogP contribution in [0.25, 0.3) is 0 Å². The van der Waals surface area contributed by atoms with Crippen LogP contribution in [0.2, 0.25) is 0 Å². The van der Waals surface area contributed by atoms with Gasteiger partial charge in [-0.15, -0.1) is 0 Å². The van der Waals surface area contributed by atoms with E-state index in [1.54, 1.807) is 6.33 Å². The standard InChI is InChI=1S/C13H16N4O/c1-10-12(17-9-16-10)8-15-13(18)14-7-11-5-3-2-4-6-11/h2-6,9H,7-8H2,1H3,(H,16,17)(H2,14,15,18). The molecular weight excluding hydrogens is 228 g/mol. The third-order valence-corrected chi connectivity index (χ3v) is 2.65. The molecule has 2 aromatic rings. The Morgan fingerprint density at radius 2 is 1.94 bits per heavy atom. The molecule has 1 aromatic heterocycles. The minimum absolute atomic E-state index is 0.193. The highest BCUT2D eigenvalue weighted by Crippen LogP contribution is 1.99. The Morgan fingerprint density at radius 1 is 1.22 bits per heavy atom. The van der Waals surface area contributed by atoms with E-state index in [0.29, 0.717) is 13.1 Å². The van der Waals surface area contributed by atoms with E-state index in [1.165, 1.54) is 0 Å². The Morgan fingerprint density at radius 3 is 2.61 bits per heavy atom. The van der Waals surface area contributed by atoms with Crippen LogP contribution in [0.4, 0.5) is 4.79 Å². The Balaban J connectivity index is 1.75. The second kappa shape index (κ2) is 5.86. The molecule has 0 bridgehead atoms. The van der Waals surface area contributed by atoms with Gasteiger partial charge in [-0.3, -0.25) is 0 Å². The van der Waals surface area contributed by atoms with E-state index >= 15 is 0 Å². The number of carbonyl (C=O) groups excluding carboxylic acids is 1. The van der Waals surface area contributed by atoms with E-state index in [-0.39, 0.29) is 6.03 Å². The number of hydrogen-bond donors (Lipinski definition) is 3. The highest BCUT2D eigenvalue weighted by Gasteiger charge is 2.03. The number of imidazole rings is 1. The highest BCUT2D eigenvalue weighted by atomic mass is 16.2. The number of aryl methyl sites for hydroxylation is 1. The lowest BCUT2D eigenvalue weighted by molar-refractivity contribution is 0.240. The fourth-order valence-corrected chi connectivity index (χ4v) is 1.57. The van der Waals surface area contributed by atoms with E-state index in [1.807, 2.05) is 37.3 Å². The molecule has 18 heavy (non-hydrogen) atoms. The molecule has 2 amide bonds. The van der Waals surface area contributed by atoms with Crippen molar-refractivity contribution in [3.8, 4) is 0 Å². The van der Waals surface area contributed by atoms with Crippen LogP contribution in [0.3, 0.4) is 0 Å². The van der Waals surface area contributed by atoms with Crippen molar-refractivity contribution in [2.24, 2.45) is 0 Å². The van der Waals surface area contributed by atoms with Gasteiger partial charge in [0.1, 0.15) is 0 Å². The lowest BCUT2D eigenvalue weighted by atomic mass is 10.2. The second-order valence-electron chi connectivity index (χ2n) is 4.00. The number of carbonyl (C=O) groups is 1. The van der Waals surface area contributed by atoms with Gasteiger partial charge in [0.05, 0.1) is 18.6 Å². The number of urea groups is 1. The SMILES string of the molecule is Cc1[nH]cnc1CNC(=O)NCc1ccccc1. The normalized spacial score (nSPS) is 10.1. The molecule has 0 aliphatic carbocycles. The molecule has 94 valence electrons. The van der Waals surface area contributed by atoms with E-state index in [0.717, 1.165) is 17.0 Å². The Labute approximate surface area is 106 Å². The first kappa shape index (κ1) is 12.2. The summed E-state index contributed by atoms with van der Waals surface area (Å²) in [6.45, 7) is 2.87. The third kappa shape index (κ3) is 3.35. The molecule has 0 radical (unpaired) electrons. The molecule has 1 heterocycles. The predicted molar refractivity (Wildman–Crippen MR) is 68.8 cm³/mol. The van der Waals surface area contributed by atoms with Crippen LogP contribution in [0.15, 0.2) is 36.7 Å². The van der Waals surface area contributed by atoms with Crippen molar-refractivity contribution in [1.82, 2.24) is 20.6 Å². The number of nitrogens with one attached hydrogen (secondary N) is 3. The highest BCUT2D eigenvalue weighted by molar-refractivity contribution is 5.73. The summed E-state index contributed by atoms with van der Waals surface area (Å²) in [5.74, 6) is 0. The summed E-state index contributed by atoms with van der Waals surface area (Å²) >= 11 is 0. The number of rotatable bonds is 4. The summed E-state index contributed by atoms with van der Waals surface area (Å²) in [4.78, 5) is 18.6. The van der Waals surface area contributed by atoms with Gasteiger partial charge in [0, 0.05) is 12.2 Å². The summed E-state index contributed by atoms with van der Waals surface area (Å²) in [5, 5.41) is 5.56. The molecular formula is C13H16N4O. The third-order valence-electron chi connectivity index (χ3n) is 2.65. The van der Waals surface area contributed by atoms with Crippen LogP contribution in [0, 0.1) is 6.92 Å².